The summed E-state index contributed by atoms with van der Waals surface area (Å²) in [6.45, 7) is 13.1. The van der Waals surface area contributed by atoms with Gasteiger partial charge in [-0.1, -0.05) is 86.3 Å². The standard InChI is InChI=1S/C78H125F5N12O13/c1-17-25-55-67(99)85-64(46(4)18-2)73(105)89(12)43-62(98)91(14)56-28-21-20-24-35-94(72(56)104)59(38-49-29-32-52(33-30-49)78(81,82)83)71(103)88(11)42-60(96)84-54(34-31-50-36-47(5)63(66(79)80)48(6)37-50)69(101)95-41-53(108-19-3)39-57(95)68(100)86-77(44-76(7,8)45-77)75(107)93(16)65(51-26-22-23-27-51)74(106)92(15)58(70(102)87(9)10)40-61(97)90(55)13/h20-21,46-59,63-66H,17-19,22-45H2,1-16H3,(H,84,96)(H,85,99)(H,86,100)/b21-20-/t46-,47?,48?,49?,50?,52?,53+,54-,55-,56-,57-,58-,59-,63?,64-,65-/m0/s1. The molecule has 610 valence electrons. The van der Waals surface area contributed by atoms with E-state index in [2.05, 4.69) is 16.0 Å². The first kappa shape index (κ1) is 88.2. The van der Waals surface area contributed by atoms with Gasteiger partial charge < -0.3 is 64.8 Å². The third-order valence-electron chi connectivity index (χ3n) is 24.9. The molecule has 0 aromatic rings. The average molecular weight is 1530 g/mol. The van der Waals surface area contributed by atoms with Crippen LogP contribution in [-0.4, -0.2) is 277 Å². The highest BCUT2D eigenvalue weighted by atomic mass is 19.4. The Morgan fingerprint density at radius 2 is 1.29 bits per heavy atom. The Morgan fingerprint density at radius 3 is 1.85 bits per heavy atom. The number of carbonyl (C=O) groups excluding carboxylic acids is 12. The van der Waals surface area contributed by atoms with Gasteiger partial charge in [0.2, 0.25) is 77.3 Å². The topological polar surface area (TPSA) is 279 Å². The molecule has 7 aliphatic rings. The maximum atomic E-state index is 15.8. The number of amides is 12. The molecule has 30 heteroatoms. The van der Waals surface area contributed by atoms with Crippen LogP contribution in [0.1, 0.15) is 197 Å². The lowest BCUT2D eigenvalue weighted by molar-refractivity contribution is -0.184. The Hall–Kier alpha value is -7.01. The van der Waals surface area contributed by atoms with Gasteiger partial charge in [-0.25, -0.2) is 8.78 Å². The molecule has 4 saturated carbocycles. The zero-order chi connectivity index (χ0) is 80.4. The van der Waals surface area contributed by atoms with Crippen molar-refractivity contribution in [3.8, 4) is 0 Å². The largest absolute Gasteiger partial charge is 0.391 e. The first-order valence-corrected chi connectivity index (χ1v) is 39.5. The molecule has 12 amide bonds. The number of fused-ring (bicyclic) bond motifs is 3. The molecule has 2 bridgehead atoms. The van der Waals surface area contributed by atoms with Crippen molar-refractivity contribution in [2.75, 3.05) is 89.2 Å². The van der Waals surface area contributed by atoms with Gasteiger partial charge in [0.15, 0.2) is 0 Å². The Kier molecular flexibility index (Phi) is 30.9. The number of hydrogen-bond acceptors (Lipinski definition) is 13. The van der Waals surface area contributed by atoms with Crippen LogP contribution in [0.5, 0.6) is 0 Å². The fourth-order valence-corrected chi connectivity index (χ4v) is 18.7. The van der Waals surface area contributed by atoms with Gasteiger partial charge in [-0.05, 0) is 151 Å². The number of nitrogens with one attached hydrogen (secondary N) is 3. The number of ether oxygens (including phenoxy) is 1. The normalized spacial score (nSPS) is 32.3. The summed E-state index contributed by atoms with van der Waals surface area (Å²) in [4.78, 5) is 193. The molecule has 1 spiro atoms. The van der Waals surface area contributed by atoms with Crippen molar-refractivity contribution in [2.45, 2.75) is 269 Å². The molecule has 108 heavy (non-hydrogen) atoms. The molecule has 7 rings (SSSR count). The number of rotatable bonds is 14. The van der Waals surface area contributed by atoms with Crippen molar-refractivity contribution in [3.63, 3.8) is 0 Å². The van der Waals surface area contributed by atoms with Crippen molar-refractivity contribution in [1.29, 1.82) is 0 Å². The number of halogens is 5. The molecule has 2 unspecified atom stereocenters. The highest BCUT2D eigenvalue weighted by molar-refractivity contribution is 6.01. The van der Waals surface area contributed by atoms with Gasteiger partial charge in [0, 0.05) is 88.4 Å². The third-order valence-corrected chi connectivity index (χ3v) is 24.9. The van der Waals surface area contributed by atoms with E-state index in [1.165, 1.54) is 85.8 Å². The smallest absolute Gasteiger partial charge is 0.377 e. The molecule has 12 atom stereocenters. The van der Waals surface area contributed by atoms with Crippen molar-refractivity contribution >= 4 is 70.9 Å². The molecule has 6 fully saturated rings. The SMILES string of the molecule is CCC[C@H]1C(=O)N[C@@H]([C@@H](C)CC)C(=O)N(C)CC(=O)N(C)[C@H]2C/C=C\CCN(C2=O)[C@@H](CC2CCC(C(F)(F)F)CC2)C(=O)N(C)CC(=O)N[C@@H](CCC2CC(C)C(C(F)F)C(C)C2)C(=O)N2C[C@H](OCC)C[C@H]2C(=O)NC2(CC(C)(C)C2)C(=O)N(C)[C@@H](C2CCCC2)C(=O)N(C)[C@H](C(=O)N(C)C)CC(=O)N1C. The lowest BCUT2D eigenvalue weighted by Crippen LogP contribution is -2.71. The highest BCUT2D eigenvalue weighted by Crippen LogP contribution is 2.50. The number of alkyl halides is 5. The molecule has 3 N–H and O–H groups in total. The minimum Gasteiger partial charge on any atom is -0.377 e. The van der Waals surface area contributed by atoms with Crippen LogP contribution in [0.2, 0.25) is 0 Å². The van der Waals surface area contributed by atoms with Crippen LogP contribution < -0.4 is 16.0 Å². The van der Waals surface area contributed by atoms with Crippen molar-refractivity contribution in [2.24, 2.45) is 52.8 Å². The van der Waals surface area contributed by atoms with E-state index < -0.39 is 198 Å². The molecule has 3 heterocycles. The van der Waals surface area contributed by atoms with Gasteiger partial charge in [0.1, 0.15) is 53.9 Å². The minimum atomic E-state index is -4.46. The van der Waals surface area contributed by atoms with E-state index in [4.69, 9.17) is 4.74 Å². The van der Waals surface area contributed by atoms with Gasteiger partial charge in [0.05, 0.1) is 31.5 Å². The van der Waals surface area contributed by atoms with Gasteiger partial charge >= 0.3 is 6.18 Å². The van der Waals surface area contributed by atoms with Crippen molar-refractivity contribution in [3.05, 3.63) is 12.2 Å². The average Bonchev–Trinajstić information content (AvgIpc) is 0.913. The number of likely N-dealkylation sites (N-methyl/N-ethyl adjacent to an activating group) is 7. The predicted octanol–water partition coefficient (Wildman–Crippen LogP) is 7.04. The molecular formula is C78H125F5N12O13. The zero-order valence-corrected chi connectivity index (χ0v) is 66.9. The fourth-order valence-electron chi connectivity index (χ4n) is 18.7. The molecule has 4 aliphatic carbocycles. The molecule has 3 aliphatic heterocycles. The zero-order valence-electron chi connectivity index (χ0n) is 66.9. The van der Waals surface area contributed by atoms with E-state index in [0.29, 0.717) is 38.5 Å². The summed E-state index contributed by atoms with van der Waals surface area (Å²) in [5.74, 6) is -13.3. The van der Waals surface area contributed by atoms with Crippen LogP contribution in [0.4, 0.5) is 22.0 Å². The Morgan fingerprint density at radius 1 is 0.667 bits per heavy atom. The lowest BCUT2D eigenvalue weighted by Gasteiger charge is -2.54. The molecule has 0 aromatic carbocycles. The summed E-state index contributed by atoms with van der Waals surface area (Å²) in [5.41, 5.74) is -2.19. The van der Waals surface area contributed by atoms with Gasteiger partial charge in [-0.2, -0.15) is 13.2 Å². The molecule has 0 radical (unpaired) electrons. The van der Waals surface area contributed by atoms with E-state index >= 15 is 28.8 Å². The quantitative estimate of drug-likeness (QED) is 0.116. The van der Waals surface area contributed by atoms with E-state index in [1.807, 2.05) is 13.8 Å². The van der Waals surface area contributed by atoms with E-state index in [1.54, 1.807) is 53.7 Å². The molecule has 25 nitrogen and oxygen atoms in total. The number of nitrogens with zero attached hydrogens (tertiary/aromatic N) is 9. The Labute approximate surface area is 635 Å². The van der Waals surface area contributed by atoms with Gasteiger partial charge in [-0.15, -0.1) is 0 Å². The first-order chi connectivity index (χ1) is 50.6. The lowest BCUT2D eigenvalue weighted by atomic mass is 9.58. The minimum absolute atomic E-state index is 0.0426. The summed E-state index contributed by atoms with van der Waals surface area (Å²) < 4.78 is 77.6. The summed E-state index contributed by atoms with van der Waals surface area (Å²) in [6.07, 6.45) is -0.675. The van der Waals surface area contributed by atoms with Crippen LogP contribution in [0.25, 0.3) is 0 Å². The monoisotopic (exact) mass is 1530 g/mol. The maximum Gasteiger partial charge on any atom is 0.391 e. The van der Waals surface area contributed by atoms with Gasteiger partial charge in [-0.3, -0.25) is 57.5 Å². The number of hydrogen-bond donors (Lipinski definition) is 3. The van der Waals surface area contributed by atoms with E-state index in [0.717, 1.165) is 27.5 Å². The van der Waals surface area contributed by atoms with Crippen molar-refractivity contribution in [1.82, 2.24) is 60.0 Å². The second-order valence-corrected chi connectivity index (χ2v) is 33.7. The van der Waals surface area contributed by atoms with Crippen molar-refractivity contribution < 1.29 is 84.2 Å². The second kappa shape index (κ2) is 37.8. The predicted molar refractivity (Wildman–Crippen MR) is 394 cm³/mol. The second-order valence-electron chi connectivity index (χ2n) is 33.7. The third kappa shape index (κ3) is 21.2. The van der Waals surface area contributed by atoms with Gasteiger partial charge in [0.25, 0.3) is 0 Å². The van der Waals surface area contributed by atoms with Crippen LogP contribution in [0.15, 0.2) is 12.2 Å². The molecule has 0 aromatic heterocycles. The molecular weight excluding hydrogens is 1410 g/mol. The molecule has 2 saturated heterocycles. The summed E-state index contributed by atoms with van der Waals surface area (Å²) >= 11 is 0. The Balaban J connectivity index is 1.33. The van der Waals surface area contributed by atoms with Crippen LogP contribution in [0.3, 0.4) is 0 Å². The summed E-state index contributed by atoms with van der Waals surface area (Å²) in [6, 6.07) is -10.6. The summed E-state index contributed by atoms with van der Waals surface area (Å²) in [7, 11) is 11.3. The first-order valence-electron chi connectivity index (χ1n) is 39.5. The van der Waals surface area contributed by atoms with E-state index in [-0.39, 0.29) is 121 Å². The number of carbonyl (C=O) groups is 12. The van der Waals surface area contributed by atoms with E-state index in [9.17, 15) is 50.7 Å². The highest BCUT2D eigenvalue weighted by Gasteiger charge is 2.59. The van der Waals surface area contributed by atoms with Crippen LogP contribution >= 0.6 is 0 Å². The summed E-state index contributed by atoms with van der Waals surface area (Å²) in [5, 5.41) is 8.83. The van der Waals surface area contributed by atoms with Crippen LogP contribution in [-0.2, 0) is 62.3 Å². The Bertz CT molecular complexity index is 3220. The maximum absolute atomic E-state index is 15.8. The fraction of sp³-hybridized carbons (Fsp3) is 0.821. The van der Waals surface area contributed by atoms with Crippen LogP contribution in [0, 0.1) is 52.8 Å².